The summed E-state index contributed by atoms with van der Waals surface area (Å²) in [5.74, 6) is 0.0648. The van der Waals surface area contributed by atoms with E-state index in [0.717, 1.165) is 13.1 Å². The van der Waals surface area contributed by atoms with Crippen LogP contribution in [-0.2, 0) is 0 Å². The van der Waals surface area contributed by atoms with Crippen LogP contribution in [0.15, 0.2) is 0 Å². The molecule has 0 radical (unpaired) electrons. The van der Waals surface area contributed by atoms with Gasteiger partial charge in [-0.25, -0.2) is 4.98 Å². The van der Waals surface area contributed by atoms with Crippen molar-refractivity contribution in [2.24, 2.45) is 0 Å². The first-order valence-electron chi connectivity index (χ1n) is 4.85. The Labute approximate surface area is 84.0 Å². The van der Waals surface area contributed by atoms with E-state index in [0.29, 0.717) is 17.2 Å². The fourth-order valence-corrected chi connectivity index (χ4v) is 1.23. The third-order valence-electron chi connectivity index (χ3n) is 2.36. The van der Waals surface area contributed by atoms with Crippen LogP contribution in [0.5, 0.6) is 0 Å². The highest BCUT2D eigenvalue weighted by Crippen LogP contribution is 2.13. The van der Waals surface area contributed by atoms with Gasteiger partial charge >= 0.3 is 0 Å². The second-order valence-corrected chi connectivity index (χ2v) is 3.20. The zero-order valence-electron chi connectivity index (χ0n) is 9.13. The van der Waals surface area contributed by atoms with Gasteiger partial charge in [0.15, 0.2) is 0 Å². The number of nitrogens with zero attached hydrogens (tertiary/aromatic N) is 3. The molecule has 0 fully saturated rings. The van der Waals surface area contributed by atoms with Crippen LogP contribution in [0.2, 0.25) is 0 Å². The lowest BCUT2D eigenvalue weighted by Gasteiger charge is -2.19. The first-order valence-corrected chi connectivity index (χ1v) is 4.85. The Bertz CT molecular complexity index is 298. The minimum atomic E-state index is -0.417. The molecule has 0 aromatic carbocycles. The standard InChI is InChI=1S/C10H16FN3/c1-5-14(6-2)10-12-8(4)7(3)9(11)13-10/h5-6H2,1-4H3. The van der Waals surface area contributed by atoms with E-state index in [1.54, 1.807) is 13.8 Å². The summed E-state index contributed by atoms with van der Waals surface area (Å²) in [6.07, 6.45) is 0. The quantitative estimate of drug-likeness (QED) is 0.695. The third-order valence-corrected chi connectivity index (χ3v) is 2.36. The summed E-state index contributed by atoms with van der Waals surface area (Å²) in [5, 5.41) is 0. The molecule has 0 amide bonds. The van der Waals surface area contributed by atoms with Crippen LogP contribution in [0.1, 0.15) is 25.1 Å². The van der Waals surface area contributed by atoms with E-state index in [1.165, 1.54) is 0 Å². The van der Waals surface area contributed by atoms with Crippen molar-refractivity contribution in [1.82, 2.24) is 9.97 Å². The topological polar surface area (TPSA) is 29.0 Å². The monoisotopic (exact) mass is 197 g/mol. The van der Waals surface area contributed by atoms with E-state index in [-0.39, 0.29) is 0 Å². The molecule has 1 aromatic heterocycles. The molecule has 3 nitrogen and oxygen atoms in total. The maximum absolute atomic E-state index is 13.3. The third kappa shape index (κ3) is 2.00. The van der Waals surface area contributed by atoms with Crippen LogP contribution in [-0.4, -0.2) is 23.1 Å². The normalized spacial score (nSPS) is 10.4. The van der Waals surface area contributed by atoms with Crippen LogP contribution >= 0.6 is 0 Å². The van der Waals surface area contributed by atoms with Crippen LogP contribution in [0.3, 0.4) is 0 Å². The molecule has 4 heteroatoms. The average molecular weight is 197 g/mol. The first kappa shape index (κ1) is 10.9. The average Bonchev–Trinajstić information content (AvgIpc) is 2.16. The summed E-state index contributed by atoms with van der Waals surface area (Å²) < 4.78 is 13.3. The minimum Gasteiger partial charge on any atom is -0.341 e. The van der Waals surface area contributed by atoms with Crippen molar-refractivity contribution in [1.29, 1.82) is 0 Å². The number of anilines is 1. The fourth-order valence-electron chi connectivity index (χ4n) is 1.23. The van der Waals surface area contributed by atoms with Crippen LogP contribution in [0, 0.1) is 19.8 Å². The van der Waals surface area contributed by atoms with E-state index < -0.39 is 5.95 Å². The molecule has 0 N–H and O–H groups in total. The van der Waals surface area contributed by atoms with Gasteiger partial charge in [-0.15, -0.1) is 0 Å². The summed E-state index contributed by atoms with van der Waals surface area (Å²) >= 11 is 0. The van der Waals surface area contributed by atoms with Crippen molar-refractivity contribution in [2.75, 3.05) is 18.0 Å². The van der Waals surface area contributed by atoms with Gasteiger partial charge in [-0.05, 0) is 27.7 Å². The van der Waals surface area contributed by atoms with Gasteiger partial charge < -0.3 is 4.90 Å². The lowest BCUT2D eigenvalue weighted by Crippen LogP contribution is -2.25. The van der Waals surface area contributed by atoms with Crippen molar-refractivity contribution in [3.63, 3.8) is 0 Å². The molecule has 0 bridgehead atoms. The van der Waals surface area contributed by atoms with Crippen molar-refractivity contribution < 1.29 is 4.39 Å². The van der Waals surface area contributed by atoms with Gasteiger partial charge in [0.25, 0.3) is 0 Å². The summed E-state index contributed by atoms with van der Waals surface area (Å²) in [6, 6.07) is 0. The Morgan fingerprint density at radius 1 is 1.14 bits per heavy atom. The van der Waals surface area contributed by atoms with E-state index >= 15 is 0 Å². The second kappa shape index (κ2) is 4.35. The largest absolute Gasteiger partial charge is 0.341 e. The molecular formula is C10H16FN3. The van der Waals surface area contributed by atoms with Crippen molar-refractivity contribution in [3.05, 3.63) is 17.2 Å². The zero-order chi connectivity index (χ0) is 10.7. The van der Waals surface area contributed by atoms with Crippen molar-refractivity contribution in [3.8, 4) is 0 Å². The predicted octanol–water partition coefficient (Wildman–Crippen LogP) is 2.08. The lowest BCUT2D eigenvalue weighted by molar-refractivity contribution is 0.564. The molecule has 0 aliphatic carbocycles. The molecule has 0 atom stereocenters. The van der Waals surface area contributed by atoms with E-state index in [4.69, 9.17) is 0 Å². The Kier molecular flexibility index (Phi) is 3.38. The number of aromatic nitrogens is 2. The van der Waals surface area contributed by atoms with Gasteiger partial charge in [0.2, 0.25) is 11.9 Å². The zero-order valence-corrected chi connectivity index (χ0v) is 9.13. The highest BCUT2D eigenvalue weighted by atomic mass is 19.1. The SMILES string of the molecule is CCN(CC)c1nc(C)c(C)c(F)n1. The molecule has 0 saturated carbocycles. The Balaban J connectivity index is 3.11. The minimum absolute atomic E-state index is 0.417. The van der Waals surface area contributed by atoms with E-state index in [1.807, 2.05) is 18.7 Å². The number of rotatable bonds is 3. The molecule has 0 unspecified atom stereocenters. The van der Waals surface area contributed by atoms with Gasteiger partial charge in [0.05, 0.1) is 0 Å². The molecule has 78 valence electrons. The summed E-state index contributed by atoms with van der Waals surface area (Å²) in [7, 11) is 0. The van der Waals surface area contributed by atoms with E-state index in [2.05, 4.69) is 9.97 Å². The molecule has 0 spiro atoms. The lowest BCUT2D eigenvalue weighted by atomic mass is 10.3. The Morgan fingerprint density at radius 3 is 2.14 bits per heavy atom. The molecule has 0 saturated heterocycles. The first-order chi connectivity index (χ1) is 6.60. The van der Waals surface area contributed by atoms with E-state index in [9.17, 15) is 4.39 Å². The van der Waals surface area contributed by atoms with Crippen molar-refractivity contribution >= 4 is 5.95 Å². The van der Waals surface area contributed by atoms with Crippen molar-refractivity contribution in [2.45, 2.75) is 27.7 Å². The number of halogens is 1. The molecular weight excluding hydrogens is 181 g/mol. The smallest absolute Gasteiger partial charge is 0.228 e. The Morgan fingerprint density at radius 2 is 1.71 bits per heavy atom. The molecule has 1 heterocycles. The fraction of sp³-hybridized carbons (Fsp3) is 0.600. The molecule has 1 aromatic rings. The van der Waals surface area contributed by atoms with Gasteiger partial charge in [-0.1, -0.05) is 0 Å². The van der Waals surface area contributed by atoms with Crippen LogP contribution in [0.4, 0.5) is 10.3 Å². The molecule has 14 heavy (non-hydrogen) atoms. The number of hydrogen-bond donors (Lipinski definition) is 0. The van der Waals surface area contributed by atoms with Gasteiger partial charge in [-0.3, -0.25) is 0 Å². The van der Waals surface area contributed by atoms with Gasteiger partial charge in [0, 0.05) is 24.3 Å². The summed E-state index contributed by atoms with van der Waals surface area (Å²) in [5.41, 5.74) is 1.24. The molecule has 1 rings (SSSR count). The van der Waals surface area contributed by atoms with Gasteiger partial charge in [-0.2, -0.15) is 9.37 Å². The number of hydrogen-bond acceptors (Lipinski definition) is 3. The second-order valence-electron chi connectivity index (χ2n) is 3.20. The number of aryl methyl sites for hydroxylation is 1. The summed E-state index contributed by atoms with van der Waals surface area (Å²) in [6.45, 7) is 9.07. The molecule has 0 aliphatic heterocycles. The predicted molar refractivity (Wildman–Crippen MR) is 55.0 cm³/mol. The van der Waals surface area contributed by atoms with Crippen LogP contribution < -0.4 is 4.90 Å². The Hall–Kier alpha value is -1.19. The van der Waals surface area contributed by atoms with Gasteiger partial charge in [0.1, 0.15) is 0 Å². The van der Waals surface area contributed by atoms with Crippen LogP contribution in [0.25, 0.3) is 0 Å². The maximum atomic E-state index is 13.3. The summed E-state index contributed by atoms with van der Waals surface area (Å²) in [4.78, 5) is 10.0. The maximum Gasteiger partial charge on any atom is 0.228 e. The highest BCUT2D eigenvalue weighted by molar-refractivity contribution is 5.32. The highest BCUT2D eigenvalue weighted by Gasteiger charge is 2.10. The molecule has 0 aliphatic rings.